The Morgan fingerprint density at radius 2 is 1.81 bits per heavy atom. The van der Waals surface area contributed by atoms with E-state index in [1.54, 1.807) is 7.11 Å². The number of ether oxygens (including phenoxy) is 3. The third kappa shape index (κ3) is 5.58. The zero-order chi connectivity index (χ0) is 22.4. The van der Waals surface area contributed by atoms with Crippen LogP contribution in [0.4, 0.5) is 11.8 Å². The van der Waals surface area contributed by atoms with Crippen LogP contribution < -0.4 is 20.3 Å². The van der Waals surface area contributed by atoms with Gasteiger partial charge < -0.3 is 29.7 Å². The predicted octanol–water partition coefficient (Wildman–Crippen LogP) is 3.01. The third-order valence-electron chi connectivity index (χ3n) is 5.95. The maximum absolute atomic E-state index is 6.10. The number of nitrogens with zero attached hydrogens (tertiary/aromatic N) is 3. The smallest absolute Gasteiger partial charge is 0.234 e. The molecule has 2 saturated heterocycles. The Kier molecular flexibility index (Phi) is 7.62. The second-order valence-electron chi connectivity index (χ2n) is 7.90. The van der Waals surface area contributed by atoms with Crippen LogP contribution in [0.1, 0.15) is 18.4 Å². The normalized spacial score (nSPS) is 18.1. The molecule has 0 atom stereocenters. The minimum absolute atomic E-state index is 0.0806. The van der Waals surface area contributed by atoms with Gasteiger partial charge in [-0.05, 0) is 42.8 Å². The Morgan fingerprint density at radius 3 is 2.50 bits per heavy atom. The fourth-order valence-electron chi connectivity index (χ4n) is 4.06. The number of aromatic nitrogens is 2. The molecule has 3 heterocycles. The first-order valence-electron chi connectivity index (χ1n) is 10.7. The summed E-state index contributed by atoms with van der Waals surface area (Å²) in [6.45, 7) is 4.99. The van der Waals surface area contributed by atoms with Crippen LogP contribution in [0, 0.1) is 0 Å². The molecule has 2 aliphatic rings. The van der Waals surface area contributed by atoms with Crippen LogP contribution in [0.25, 0.3) is 0 Å². The first kappa shape index (κ1) is 23.0. The van der Waals surface area contributed by atoms with Gasteiger partial charge in [0.05, 0.1) is 20.3 Å². The second-order valence-corrected chi connectivity index (χ2v) is 8.74. The van der Waals surface area contributed by atoms with Crippen molar-refractivity contribution in [3.63, 3.8) is 0 Å². The molecule has 0 bridgehead atoms. The molecule has 2 N–H and O–H groups in total. The molecule has 1 aromatic carbocycles. The van der Waals surface area contributed by atoms with E-state index in [1.165, 1.54) is 5.56 Å². The fourth-order valence-corrected chi connectivity index (χ4v) is 4.35. The quantitative estimate of drug-likeness (QED) is 0.610. The summed E-state index contributed by atoms with van der Waals surface area (Å²) < 4.78 is 16.4. The summed E-state index contributed by atoms with van der Waals surface area (Å²) >= 11 is 11.7. The zero-order valence-corrected chi connectivity index (χ0v) is 19.7. The molecule has 4 rings (SSSR count). The highest BCUT2D eigenvalue weighted by Crippen LogP contribution is 2.35. The average Bonchev–Trinajstić information content (AvgIpc) is 2.84. The Hall–Kier alpha value is -2.20. The molecule has 2 fully saturated rings. The molecule has 8 nitrogen and oxygen atoms in total. The Labute approximate surface area is 198 Å². The van der Waals surface area contributed by atoms with Crippen LogP contribution in [0.5, 0.6) is 5.88 Å². The van der Waals surface area contributed by atoms with Gasteiger partial charge in [0.15, 0.2) is 5.11 Å². The van der Waals surface area contributed by atoms with Gasteiger partial charge in [-0.25, -0.2) is 0 Å². The van der Waals surface area contributed by atoms with E-state index >= 15 is 0 Å². The lowest BCUT2D eigenvalue weighted by molar-refractivity contribution is 0.0515. The van der Waals surface area contributed by atoms with Crippen molar-refractivity contribution in [2.75, 3.05) is 63.4 Å². The van der Waals surface area contributed by atoms with Gasteiger partial charge in [0, 0.05) is 49.4 Å². The van der Waals surface area contributed by atoms with E-state index < -0.39 is 0 Å². The van der Waals surface area contributed by atoms with Crippen molar-refractivity contribution in [2.24, 2.45) is 0 Å². The number of halogens is 1. The molecule has 1 aromatic heterocycles. The first-order valence-corrected chi connectivity index (χ1v) is 11.5. The topological polar surface area (TPSA) is 80.8 Å². The summed E-state index contributed by atoms with van der Waals surface area (Å²) in [6.07, 6.45) is 1.81. The molecule has 0 unspecified atom stereocenters. The number of hydrogen-bond donors (Lipinski definition) is 2. The number of morpholine rings is 1. The van der Waals surface area contributed by atoms with E-state index in [9.17, 15) is 0 Å². The van der Waals surface area contributed by atoms with Gasteiger partial charge in [0.25, 0.3) is 0 Å². The monoisotopic (exact) mass is 477 g/mol. The summed E-state index contributed by atoms with van der Waals surface area (Å²) in [7, 11) is 1.59. The highest BCUT2D eigenvalue weighted by Gasteiger charge is 2.34. The molecule has 0 amide bonds. The minimum atomic E-state index is -0.0806. The molecular formula is C22H28ClN5O3S. The maximum Gasteiger partial charge on any atom is 0.234 e. The summed E-state index contributed by atoms with van der Waals surface area (Å²) in [5.74, 6) is 1.66. The van der Waals surface area contributed by atoms with E-state index in [1.807, 2.05) is 18.2 Å². The lowest BCUT2D eigenvalue weighted by atomic mass is 9.74. The number of nitrogens with one attached hydrogen (secondary N) is 2. The Morgan fingerprint density at radius 1 is 1.12 bits per heavy atom. The molecular weight excluding hydrogens is 450 g/mol. The number of benzene rings is 1. The van der Waals surface area contributed by atoms with Crippen LogP contribution in [-0.2, 0) is 14.9 Å². The molecule has 2 aliphatic heterocycles. The van der Waals surface area contributed by atoms with Crippen LogP contribution in [0.2, 0.25) is 5.02 Å². The van der Waals surface area contributed by atoms with E-state index in [2.05, 4.69) is 37.6 Å². The number of hydrogen-bond acceptors (Lipinski definition) is 7. The van der Waals surface area contributed by atoms with Crippen LogP contribution in [0.15, 0.2) is 30.3 Å². The molecule has 0 aliphatic carbocycles. The lowest BCUT2D eigenvalue weighted by Crippen LogP contribution is -2.45. The van der Waals surface area contributed by atoms with E-state index in [-0.39, 0.29) is 5.41 Å². The zero-order valence-electron chi connectivity index (χ0n) is 18.1. The third-order valence-corrected chi connectivity index (χ3v) is 6.45. The molecule has 0 spiro atoms. The van der Waals surface area contributed by atoms with E-state index in [0.717, 1.165) is 36.8 Å². The van der Waals surface area contributed by atoms with Crippen molar-refractivity contribution in [1.82, 2.24) is 15.3 Å². The van der Waals surface area contributed by atoms with Crippen molar-refractivity contribution < 1.29 is 14.2 Å². The summed E-state index contributed by atoms with van der Waals surface area (Å²) in [5.41, 5.74) is 1.15. The van der Waals surface area contributed by atoms with Crippen molar-refractivity contribution in [2.45, 2.75) is 18.3 Å². The standard InChI is InChI=1S/C22H28ClN5O3S/c1-29-19-14-18(28-8-12-31-13-9-28)25-20(26-19)27-21(32)24-15-22(6-10-30-11-7-22)16-2-4-17(23)5-3-16/h2-5,14H,6-13,15H2,1H3,(H2,24,25,26,27,32). The van der Waals surface area contributed by atoms with Gasteiger partial charge in [-0.15, -0.1) is 0 Å². The van der Waals surface area contributed by atoms with Gasteiger partial charge in [-0.2, -0.15) is 9.97 Å². The van der Waals surface area contributed by atoms with Gasteiger partial charge in [-0.1, -0.05) is 23.7 Å². The van der Waals surface area contributed by atoms with Crippen LogP contribution >= 0.6 is 23.8 Å². The largest absolute Gasteiger partial charge is 0.481 e. The summed E-state index contributed by atoms with van der Waals surface area (Å²) in [5, 5.41) is 7.68. The van der Waals surface area contributed by atoms with Gasteiger partial charge in [0.2, 0.25) is 11.8 Å². The molecule has 172 valence electrons. The SMILES string of the molecule is COc1cc(N2CCOCC2)nc(NC(=S)NCC2(c3ccc(Cl)cc3)CCOCC2)n1. The van der Waals surface area contributed by atoms with Gasteiger partial charge >= 0.3 is 0 Å². The molecule has 2 aromatic rings. The first-order chi connectivity index (χ1) is 15.6. The molecule has 0 radical (unpaired) electrons. The Balaban J connectivity index is 1.45. The van der Waals surface area contributed by atoms with Crippen molar-refractivity contribution in [3.8, 4) is 5.88 Å². The number of methoxy groups -OCH3 is 1. The van der Waals surface area contributed by atoms with Crippen molar-refractivity contribution in [3.05, 3.63) is 40.9 Å². The highest BCUT2D eigenvalue weighted by molar-refractivity contribution is 7.80. The average molecular weight is 478 g/mol. The minimum Gasteiger partial charge on any atom is -0.481 e. The number of thiocarbonyl (C=S) groups is 1. The van der Waals surface area contributed by atoms with E-state index in [4.69, 9.17) is 38.0 Å². The van der Waals surface area contributed by atoms with Crippen LogP contribution in [-0.4, -0.2) is 68.3 Å². The lowest BCUT2D eigenvalue weighted by Gasteiger charge is -2.38. The van der Waals surface area contributed by atoms with Gasteiger partial charge in [0.1, 0.15) is 5.82 Å². The molecule has 0 saturated carbocycles. The van der Waals surface area contributed by atoms with Gasteiger partial charge in [-0.3, -0.25) is 0 Å². The second kappa shape index (κ2) is 10.6. The fraction of sp³-hybridized carbons (Fsp3) is 0.500. The summed E-state index contributed by atoms with van der Waals surface area (Å²) in [4.78, 5) is 11.2. The Bertz CT molecular complexity index is 918. The molecule has 10 heteroatoms. The molecule has 32 heavy (non-hydrogen) atoms. The summed E-state index contributed by atoms with van der Waals surface area (Å²) in [6, 6.07) is 9.87. The number of rotatable bonds is 6. The van der Waals surface area contributed by atoms with E-state index in [0.29, 0.717) is 49.9 Å². The highest BCUT2D eigenvalue weighted by atomic mass is 35.5. The maximum atomic E-state index is 6.10. The van der Waals surface area contributed by atoms with Crippen molar-refractivity contribution >= 4 is 40.7 Å². The number of anilines is 2. The van der Waals surface area contributed by atoms with Crippen LogP contribution in [0.3, 0.4) is 0 Å². The predicted molar refractivity (Wildman–Crippen MR) is 129 cm³/mol. The van der Waals surface area contributed by atoms with Crippen molar-refractivity contribution in [1.29, 1.82) is 0 Å².